The lowest BCUT2D eigenvalue weighted by Gasteiger charge is -2.30. The van der Waals surface area contributed by atoms with Crippen LogP contribution in [0, 0.1) is 0 Å². The summed E-state index contributed by atoms with van der Waals surface area (Å²) in [5.74, 6) is 0.798. The van der Waals surface area contributed by atoms with Gasteiger partial charge in [-0.05, 0) is 110 Å². The van der Waals surface area contributed by atoms with Crippen molar-refractivity contribution < 1.29 is 0 Å². The van der Waals surface area contributed by atoms with Crippen LogP contribution in [0.3, 0.4) is 0 Å². The highest BCUT2D eigenvalue weighted by atomic mass is 15.1. The van der Waals surface area contributed by atoms with Crippen LogP contribution in [-0.4, -0.2) is 19.1 Å². The van der Waals surface area contributed by atoms with E-state index in [2.05, 4.69) is 240 Å². The first-order valence-electron chi connectivity index (χ1n) is 23.1. The molecule has 3 aromatic heterocycles. The van der Waals surface area contributed by atoms with Gasteiger partial charge in [-0.2, -0.15) is 0 Å². The third kappa shape index (κ3) is 4.86. The molecule has 0 saturated heterocycles. The lowest BCUT2D eigenvalue weighted by Crippen LogP contribution is -2.25. The number of hydrogen-bond donors (Lipinski definition) is 0. The minimum Gasteiger partial charge on any atom is -0.309 e. The Morgan fingerprint density at radius 3 is 1.61 bits per heavy atom. The van der Waals surface area contributed by atoms with E-state index in [1.54, 1.807) is 0 Å². The Morgan fingerprint density at radius 2 is 0.851 bits per heavy atom. The minimum atomic E-state index is -0.489. The van der Waals surface area contributed by atoms with Gasteiger partial charge in [-0.15, -0.1) is 0 Å². The third-order valence-electron chi connectivity index (χ3n) is 14.7. The van der Waals surface area contributed by atoms with Crippen molar-refractivity contribution in [1.82, 2.24) is 19.1 Å². The van der Waals surface area contributed by atoms with Crippen LogP contribution < -0.4 is 0 Å². The summed E-state index contributed by atoms with van der Waals surface area (Å²) in [4.78, 5) is 11.4. The van der Waals surface area contributed by atoms with Crippen LogP contribution >= 0.6 is 0 Å². The Bertz CT molecular complexity index is 4170. The summed E-state index contributed by atoms with van der Waals surface area (Å²) in [6, 6.07) is 84.2. The topological polar surface area (TPSA) is 35.6 Å². The zero-order chi connectivity index (χ0) is 43.8. The van der Waals surface area contributed by atoms with Crippen molar-refractivity contribution in [2.45, 2.75) is 5.41 Å². The van der Waals surface area contributed by atoms with Gasteiger partial charge in [-0.3, -0.25) is 4.57 Å². The summed E-state index contributed by atoms with van der Waals surface area (Å²) in [6.07, 6.45) is 0. The van der Waals surface area contributed by atoms with Crippen molar-refractivity contribution >= 4 is 54.6 Å². The maximum absolute atomic E-state index is 5.71. The molecule has 0 atom stereocenters. The monoisotopic (exact) mass is 850 g/mol. The lowest BCUT2D eigenvalue weighted by molar-refractivity contribution is 0.794. The number of aromatic nitrogens is 4. The Balaban J connectivity index is 1.09. The van der Waals surface area contributed by atoms with Gasteiger partial charge < -0.3 is 4.57 Å². The highest BCUT2D eigenvalue weighted by molar-refractivity contribution is 6.20. The highest BCUT2D eigenvalue weighted by Crippen LogP contribution is 2.64. The van der Waals surface area contributed by atoms with Crippen molar-refractivity contribution in [3.8, 4) is 56.1 Å². The molecule has 0 radical (unpaired) electrons. The average molecular weight is 851 g/mol. The van der Waals surface area contributed by atoms with Crippen LogP contribution in [0.4, 0.5) is 0 Å². The number of hydrogen-bond acceptors (Lipinski definition) is 2. The molecule has 0 aliphatic heterocycles. The van der Waals surface area contributed by atoms with Gasteiger partial charge in [0.25, 0.3) is 0 Å². The van der Waals surface area contributed by atoms with E-state index in [4.69, 9.17) is 9.97 Å². The van der Waals surface area contributed by atoms with E-state index < -0.39 is 5.41 Å². The number of benzene rings is 10. The molecule has 310 valence electrons. The van der Waals surface area contributed by atoms with Gasteiger partial charge in [0, 0.05) is 32.8 Å². The molecule has 10 aromatic carbocycles. The fourth-order valence-corrected chi connectivity index (χ4v) is 12.0. The van der Waals surface area contributed by atoms with E-state index in [-0.39, 0.29) is 0 Å². The van der Waals surface area contributed by atoms with Gasteiger partial charge in [0.15, 0.2) is 5.82 Å². The zero-order valence-corrected chi connectivity index (χ0v) is 36.2. The van der Waals surface area contributed by atoms with Crippen LogP contribution in [0.25, 0.3) is 111 Å². The van der Waals surface area contributed by atoms with Gasteiger partial charge in [0.1, 0.15) is 5.69 Å². The Hall–Kier alpha value is -8.86. The molecule has 2 aliphatic rings. The fraction of sp³-hybridized carbons (Fsp3) is 0.0159. The van der Waals surface area contributed by atoms with Crippen LogP contribution in [0.5, 0.6) is 0 Å². The molecule has 1 spiro atoms. The molecule has 0 amide bonds. The molecule has 3 heterocycles. The normalized spacial score (nSPS) is 13.2. The van der Waals surface area contributed by atoms with E-state index in [1.807, 2.05) is 0 Å². The molecule has 4 nitrogen and oxygen atoms in total. The average Bonchev–Trinajstić information content (AvgIpc) is 4.10. The quantitative estimate of drug-likeness (QED) is 0.177. The minimum absolute atomic E-state index is 0.489. The lowest BCUT2D eigenvalue weighted by atomic mass is 9.70. The first kappa shape index (κ1) is 36.5. The second-order valence-electron chi connectivity index (χ2n) is 18.0. The van der Waals surface area contributed by atoms with Crippen molar-refractivity contribution in [2.75, 3.05) is 0 Å². The van der Waals surface area contributed by atoms with Crippen LogP contribution in [0.15, 0.2) is 231 Å². The molecule has 13 aromatic rings. The van der Waals surface area contributed by atoms with Crippen molar-refractivity contribution in [3.63, 3.8) is 0 Å². The van der Waals surface area contributed by atoms with Crippen LogP contribution in [0.1, 0.15) is 22.3 Å². The molecule has 0 fully saturated rings. The van der Waals surface area contributed by atoms with Gasteiger partial charge in [-0.25, -0.2) is 9.97 Å². The summed E-state index contributed by atoms with van der Waals surface area (Å²) >= 11 is 0. The summed E-state index contributed by atoms with van der Waals surface area (Å²) in [6.45, 7) is 0. The largest absolute Gasteiger partial charge is 0.309 e. The molecule has 0 N–H and O–H groups in total. The zero-order valence-electron chi connectivity index (χ0n) is 36.2. The molecular formula is C63H38N4. The van der Waals surface area contributed by atoms with Gasteiger partial charge in [0.05, 0.1) is 38.5 Å². The number of rotatable bonds is 4. The predicted molar refractivity (Wildman–Crippen MR) is 275 cm³/mol. The second-order valence-corrected chi connectivity index (χ2v) is 18.0. The fourth-order valence-electron chi connectivity index (χ4n) is 12.0. The van der Waals surface area contributed by atoms with Crippen LogP contribution in [-0.2, 0) is 5.41 Å². The first-order chi connectivity index (χ1) is 33.3. The summed E-state index contributed by atoms with van der Waals surface area (Å²) < 4.78 is 4.81. The molecule has 2 aliphatic carbocycles. The molecule has 15 rings (SSSR count). The standard InChI is InChI=1S/C63H38N4/c1-3-18-39(19-4-1)40-34-35-57-47(36-40)49-37-48-44-24-10-16-33-56(44)66(41-20-5-2-6-21-41)58(48)38-59(49)67(57)62-61(64-54-31-14-15-32-55(54)65-62)46-26-17-30-53-60(46)45-25-9-13-29-52(45)63(53)50-27-11-7-22-42(50)43-23-8-12-28-51(43)63/h1-38H. The Morgan fingerprint density at radius 1 is 0.313 bits per heavy atom. The van der Waals surface area contributed by atoms with Gasteiger partial charge in [0.2, 0.25) is 0 Å². The van der Waals surface area contributed by atoms with E-state index in [0.29, 0.717) is 0 Å². The van der Waals surface area contributed by atoms with E-state index in [0.717, 1.165) is 55.7 Å². The highest BCUT2D eigenvalue weighted by Gasteiger charge is 2.52. The molecule has 0 unspecified atom stereocenters. The molecule has 67 heavy (non-hydrogen) atoms. The van der Waals surface area contributed by atoms with Crippen LogP contribution in [0.2, 0.25) is 0 Å². The molecule has 0 bridgehead atoms. The summed E-state index contributed by atoms with van der Waals surface area (Å²) in [5.41, 5.74) is 21.3. The SMILES string of the molecule is c1ccc(-c2ccc3c(c2)c2cc4c5ccccc5n(-c5ccccc5)c4cc2n3-c2nc3ccccc3nc2-c2cccc3c2-c2ccccc2C32c3ccccc3-c3ccccc32)cc1. The first-order valence-corrected chi connectivity index (χ1v) is 23.1. The van der Waals surface area contributed by atoms with Crippen molar-refractivity contribution in [1.29, 1.82) is 0 Å². The van der Waals surface area contributed by atoms with Crippen molar-refractivity contribution in [2.24, 2.45) is 0 Å². The Labute approximate surface area is 386 Å². The number of para-hydroxylation sites is 4. The third-order valence-corrected chi connectivity index (χ3v) is 14.7. The number of nitrogens with zero attached hydrogens (tertiary/aromatic N) is 4. The van der Waals surface area contributed by atoms with E-state index >= 15 is 0 Å². The van der Waals surface area contributed by atoms with E-state index in [9.17, 15) is 0 Å². The van der Waals surface area contributed by atoms with Gasteiger partial charge in [-0.1, -0.05) is 176 Å². The summed E-state index contributed by atoms with van der Waals surface area (Å²) in [5, 5.41) is 4.76. The maximum Gasteiger partial charge on any atom is 0.165 e. The molecular weight excluding hydrogens is 813 g/mol. The number of fused-ring (bicyclic) bond motifs is 17. The molecule has 0 saturated carbocycles. The van der Waals surface area contributed by atoms with Crippen molar-refractivity contribution in [3.05, 3.63) is 253 Å². The second kappa shape index (κ2) is 13.6. The molecule has 4 heteroatoms. The smallest absolute Gasteiger partial charge is 0.165 e. The van der Waals surface area contributed by atoms with E-state index in [1.165, 1.54) is 77.3 Å². The Kier molecular flexibility index (Phi) is 7.40. The summed E-state index contributed by atoms with van der Waals surface area (Å²) in [7, 11) is 0. The predicted octanol–water partition coefficient (Wildman–Crippen LogP) is 15.5. The maximum atomic E-state index is 5.71. The van der Waals surface area contributed by atoms with Gasteiger partial charge >= 0.3 is 0 Å².